The van der Waals surface area contributed by atoms with Crippen molar-refractivity contribution in [2.45, 2.75) is 26.2 Å². The number of fused-ring (bicyclic) bond motifs is 1. The maximum absolute atomic E-state index is 13.7. The summed E-state index contributed by atoms with van der Waals surface area (Å²) < 4.78 is 19.3. The highest BCUT2D eigenvalue weighted by Crippen LogP contribution is 2.30. The van der Waals surface area contributed by atoms with Gasteiger partial charge in [-0.15, -0.1) is 0 Å². The van der Waals surface area contributed by atoms with E-state index in [4.69, 9.17) is 16.0 Å². The predicted molar refractivity (Wildman–Crippen MR) is 80.9 cm³/mol. The SMILES string of the molecule is CC(C)(C)c1nc(Cl)cc(-c2cc3cccc(F)c3o2)n1. The second kappa shape index (κ2) is 4.81. The van der Waals surface area contributed by atoms with E-state index in [2.05, 4.69) is 9.97 Å². The van der Waals surface area contributed by atoms with Crippen LogP contribution in [0.3, 0.4) is 0 Å². The first-order valence-corrected chi connectivity index (χ1v) is 6.96. The molecule has 0 spiro atoms. The summed E-state index contributed by atoms with van der Waals surface area (Å²) in [4.78, 5) is 8.73. The van der Waals surface area contributed by atoms with Crippen LogP contribution in [0.25, 0.3) is 22.4 Å². The Morgan fingerprint density at radius 2 is 1.90 bits per heavy atom. The van der Waals surface area contributed by atoms with E-state index in [-0.39, 0.29) is 11.0 Å². The van der Waals surface area contributed by atoms with Gasteiger partial charge in [0.1, 0.15) is 16.7 Å². The standard InChI is InChI=1S/C16H14ClFN2O/c1-16(2,3)15-19-11(8-13(17)20-15)12-7-9-5-4-6-10(18)14(9)21-12/h4-8H,1-3H3. The van der Waals surface area contributed by atoms with Gasteiger partial charge in [-0.25, -0.2) is 14.4 Å². The topological polar surface area (TPSA) is 38.9 Å². The molecule has 0 aliphatic rings. The number of aromatic nitrogens is 2. The molecule has 3 nitrogen and oxygen atoms in total. The predicted octanol–water partition coefficient (Wildman–Crippen LogP) is 4.98. The number of para-hydroxylation sites is 1. The van der Waals surface area contributed by atoms with Gasteiger partial charge in [-0.3, -0.25) is 0 Å². The Morgan fingerprint density at radius 3 is 2.57 bits per heavy atom. The van der Waals surface area contributed by atoms with Gasteiger partial charge in [0.15, 0.2) is 17.2 Å². The Kier molecular flexibility index (Phi) is 3.21. The molecule has 21 heavy (non-hydrogen) atoms. The summed E-state index contributed by atoms with van der Waals surface area (Å²) in [6.45, 7) is 6.00. The molecular weight excluding hydrogens is 291 g/mol. The summed E-state index contributed by atoms with van der Waals surface area (Å²) in [5.74, 6) is 0.700. The van der Waals surface area contributed by atoms with Crippen LogP contribution >= 0.6 is 11.6 Å². The summed E-state index contributed by atoms with van der Waals surface area (Å²) in [6.07, 6.45) is 0. The molecule has 0 unspecified atom stereocenters. The highest BCUT2D eigenvalue weighted by Gasteiger charge is 2.20. The fourth-order valence-electron chi connectivity index (χ4n) is 2.03. The lowest BCUT2D eigenvalue weighted by Crippen LogP contribution is -2.16. The van der Waals surface area contributed by atoms with E-state index < -0.39 is 5.82 Å². The summed E-state index contributed by atoms with van der Waals surface area (Å²) in [5, 5.41) is 1.03. The Hall–Kier alpha value is -1.94. The van der Waals surface area contributed by atoms with Crippen molar-refractivity contribution in [1.82, 2.24) is 9.97 Å². The molecule has 2 aromatic heterocycles. The van der Waals surface area contributed by atoms with Gasteiger partial charge in [0.25, 0.3) is 0 Å². The molecule has 0 N–H and O–H groups in total. The van der Waals surface area contributed by atoms with Crippen molar-refractivity contribution in [3.05, 3.63) is 47.1 Å². The van der Waals surface area contributed by atoms with Gasteiger partial charge in [0.2, 0.25) is 0 Å². The van der Waals surface area contributed by atoms with Crippen molar-refractivity contribution in [2.75, 3.05) is 0 Å². The molecule has 0 radical (unpaired) electrons. The second-order valence-electron chi connectivity index (χ2n) is 5.92. The molecule has 0 bridgehead atoms. The number of benzene rings is 1. The monoisotopic (exact) mass is 304 g/mol. The fraction of sp³-hybridized carbons (Fsp3) is 0.250. The van der Waals surface area contributed by atoms with E-state index in [0.717, 1.165) is 0 Å². The largest absolute Gasteiger partial charge is 0.451 e. The third-order valence-electron chi connectivity index (χ3n) is 3.11. The lowest BCUT2D eigenvalue weighted by atomic mass is 9.95. The van der Waals surface area contributed by atoms with E-state index >= 15 is 0 Å². The molecule has 0 saturated heterocycles. The molecule has 0 atom stereocenters. The van der Waals surface area contributed by atoms with E-state index in [1.807, 2.05) is 20.8 Å². The maximum atomic E-state index is 13.7. The quantitative estimate of drug-likeness (QED) is 0.595. The Balaban J connectivity index is 2.18. The number of hydrogen-bond acceptors (Lipinski definition) is 3. The van der Waals surface area contributed by atoms with Crippen molar-refractivity contribution in [3.63, 3.8) is 0 Å². The number of rotatable bonds is 1. The average Bonchev–Trinajstić information content (AvgIpc) is 2.82. The molecule has 1 aromatic carbocycles. The van der Waals surface area contributed by atoms with Gasteiger partial charge >= 0.3 is 0 Å². The summed E-state index contributed by atoms with van der Waals surface area (Å²) in [7, 11) is 0. The molecule has 5 heteroatoms. The average molecular weight is 305 g/mol. The minimum Gasteiger partial charge on any atom is -0.451 e. The van der Waals surface area contributed by atoms with Crippen molar-refractivity contribution >= 4 is 22.6 Å². The van der Waals surface area contributed by atoms with Gasteiger partial charge in [0, 0.05) is 16.9 Å². The van der Waals surface area contributed by atoms with E-state index in [1.54, 1.807) is 24.3 Å². The van der Waals surface area contributed by atoms with E-state index in [0.29, 0.717) is 27.8 Å². The number of furan rings is 1. The molecular formula is C16H14ClFN2O. The van der Waals surface area contributed by atoms with Crippen LogP contribution in [-0.4, -0.2) is 9.97 Å². The van der Waals surface area contributed by atoms with Gasteiger partial charge in [-0.05, 0) is 12.1 Å². The smallest absolute Gasteiger partial charge is 0.170 e. The van der Waals surface area contributed by atoms with Crippen LogP contribution in [0.15, 0.2) is 34.7 Å². The van der Waals surface area contributed by atoms with Crippen LogP contribution < -0.4 is 0 Å². The van der Waals surface area contributed by atoms with Gasteiger partial charge in [-0.1, -0.05) is 44.5 Å². The minimum absolute atomic E-state index is 0.222. The normalized spacial score (nSPS) is 12.0. The zero-order valence-electron chi connectivity index (χ0n) is 11.9. The maximum Gasteiger partial charge on any atom is 0.170 e. The van der Waals surface area contributed by atoms with Gasteiger partial charge in [-0.2, -0.15) is 0 Å². The molecule has 108 valence electrons. The molecule has 3 rings (SSSR count). The van der Waals surface area contributed by atoms with E-state index in [9.17, 15) is 4.39 Å². The lowest BCUT2D eigenvalue weighted by molar-refractivity contribution is 0.541. The summed E-state index contributed by atoms with van der Waals surface area (Å²) in [6, 6.07) is 8.17. The molecule has 0 aliphatic carbocycles. The van der Waals surface area contributed by atoms with Gasteiger partial charge < -0.3 is 4.42 Å². The van der Waals surface area contributed by atoms with Crippen LogP contribution in [0.5, 0.6) is 0 Å². The number of nitrogens with zero attached hydrogens (tertiary/aromatic N) is 2. The van der Waals surface area contributed by atoms with Crippen molar-refractivity contribution < 1.29 is 8.81 Å². The third kappa shape index (κ3) is 2.63. The second-order valence-corrected chi connectivity index (χ2v) is 6.31. The fourth-order valence-corrected chi connectivity index (χ4v) is 2.22. The van der Waals surface area contributed by atoms with Crippen LogP contribution in [0.2, 0.25) is 5.15 Å². The highest BCUT2D eigenvalue weighted by molar-refractivity contribution is 6.29. The molecule has 0 amide bonds. The number of hydrogen-bond donors (Lipinski definition) is 0. The molecule has 3 aromatic rings. The Bertz CT molecular complexity index is 821. The van der Waals surface area contributed by atoms with Crippen LogP contribution in [0.1, 0.15) is 26.6 Å². The summed E-state index contributed by atoms with van der Waals surface area (Å²) in [5.41, 5.74) is 0.534. The molecule has 0 fully saturated rings. The van der Waals surface area contributed by atoms with Crippen molar-refractivity contribution in [2.24, 2.45) is 0 Å². The Morgan fingerprint density at radius 1 is 1.14 bits per heavy atom. The third-order valence-corrected chi connectivity index (χ3v) is 3.31. The van der Waals surface area contributed by atoms with Crippen molar-refractivity contribution in [1.29, 1.82) is 0 Å². The lowest BCUT2D eigenvalue weighted by Gasteiger charge is -2.16. The molecule has 2 heterocycles. The first-order valence-electron chi connectivity index (χ1n) is 6.58. The van der Waals surface area contributed by atoms with E-state index in [1.165, 1.54) is 6.07 Å². The van der Waals surface area contributed by atoms with Crippen LogP contribution in [-0.2, 0) is 5.41 Å². The van der Waals surface area contributed by atoms with Crippen LogP contribution in [0, 0.1) is 5.82 Å². The number of halogens is 2. The zero-order chi connectivity index (χ0) is 15.2. The van der Waals surface area contributed by atoms with Gasteiger partial charge in [0.05, 0.1) is 0 Å². The first kappa shape index (κ1) is 14.0. The molecule has 0 saturated carbocycles. The highest BCUT2D eigenvalue weighted by atomic mass is 35.5. The molecule has 0 aliphatic heterocycles. The minimum atomic E-state index is -0.394. The Labute approximate surface area is 126 Å². The summed E-state index contributed by atoms with van der Waals surface area (Å²) >= 11 is 6.07. The van der Waals surface area contributed by atoms with Crippen molar-refractivity contribution in [3.8, 4) is 11.5 Å². The van der Waals surface area contributed by atoms with Crippen LogP contribution in [0.4, 0.5) is 4.39 Å². The first-order chi connectivity index (χ1) is 9.84. The zero-order valence-corrected chi connectivity index (χ0v) is 12.7.